The molecule has 0 N–H and O–H groups in total. The minimum atomic E-state index is -3.43. The molecule has 0 saturated carbocycles. The molecule has 33 heavy (non-hydrogen) atoms. The van der Waals surface area contributed by atoms with Crippen molar-refractivity contribution in [2.75, 3.05) is 30.4 Å². The van der Waals surface area contributed by atoms with Gasteiger partial charge in [0.15, 0.2) is 15.0 Å². The standard InChI is InChI=1S/C24H28N2O5S2/c1-2-30-20-11-6-12-21-23(20)25-24(32-21)26(16-19-10-7-14-31-19)22(27)13-15-33(28,29)17-18-8-4-3-5-9-18/h3-6,8-9,11-12,19H,2,7,10,13-17H2,1H3. The molecule has 1 saturated heterocycles. The molecule has 0 spiro atoms. The van der Waals surface area contributed by atoms with Crippen LogP contribution >= 0.6 is 11.3 Å². The first-order valence-electron chi connectivity index (χ1n) is 11.1. The van der Waals surface area contributed by atoms with Crippen LogP contribution in [-0.2, 0) is 25.1 Å². The van der Waals surface area contributed by atoms with Gasteiger partial charge in [0, 0.05) is 13.0 Å². The van der Waals surface area contributed by atoms with E-state index in [2.05, 4.69) is 0 Å². The van der Waals surface area contributed by atoms with Crippen molar-refractivity contribution in [3.8, 4) is 5.75 Å². The Morgan fingerprint density at radius 2 is 2.03 bits per heavy atom. The number of para-hydroxylation sites is 1. The van der Waals surface area contributed by atoms with Crippen molar-refractivity contribution in [2.24, 2.45) is 0 Å². The summed E-state index contributed by atoms with van der Waals surface area (Å²) in [6.45, 7) is 3.47. The Balaban J connectivity index is 1.53. The van der Waals surface area contributed by atoms with E-state index in [0.29, 0.717) is 36.2 Å². The minimum absolute atomic E-state index is 0.0757. The van der Waals surface area contributed by atoms with Crippen LogP contribution in [0.4, 0.5) is 5.13 Å². The maximum Gasteiger partial charge on any atom is 0.229 e. The number of aromatic nitrogens is 1. The van der Waals surface area contributed by atoms with Gasteiger partial charge in [0.2, 0.25) is 5.91 Å². The third kappa shape index (κ3) is 6.10. The first-order chi connectivity index (χ1) is 15.9. The van der Waals surface area contributed by atoms with E-state index in [1.807, 2.05) is 43.3 Å². The lowest BCUT2D eigenvalue weighted by atomic mass is 10.2. The van der Waals surface area contributed by atoms with Crippen LogP contribution in [0, 0.1) is 0 Å². The molecule has 1 amide bonds. The van der Waals surface area contributed by atoms with Gasteiger partial charge in [-0.3, -0.25) is 9.69 Å². The summed E-state index contributed by atoms with van der Waals surface area (Å²) in [4.78, 5) is 19.6. The second-order valence-corrected chi connectivity index (χ2v) is 11.2. The zero-order chi connectivity index (χ0) is 23.3. The number of rotatable bonds is 10. The van der Waals surface area contributed by atoms with Gasteiger partial charge < -0.3 is 9.47 Å². The summed E-state index contributed by atoms with van der Waals surface area (Å²) in [7, 11) is -3.43. The number of anilines is 1. The predicted octanol–water partition coefficient (Wildman–Crippen LogP) is 4.21. The van der Waals surface area contributed by atoms with Crippen LogP contribution in [0.3, 0.4) is 0 Å². The first kappa shape index (κ1) is 23.7. The molecular weight excluding hydrogens is 460 g/mol. The monoisotopic (exact) mass is 488 g/mol. The number of amides is 1. The van der Waals surface area contributed by atoms with Gasteiger partial charge in [-0.25, -0.2) is 13.4 Å². The van der Waals surface area contributed by atoms with E-state index in [9.17, 15) is 13.2 Å². The Bertz CT molecular complexity index is 1190. The van der Waals surface area contributed by atoms with Crippen LogP contribution in [0.2, 0.25) is 0 Å². The molecule has 1 aromatic heterocycles. The van der Waals surface area contributed by atoms with Crippen molar-refractivity contribution in [2.45, 2.75) is 38.0 Å². The number of carbonyl (C=O) groups is 1. The Labute approximate surface area is 198 Å². The fourth-order valence-electron chi connectivity index (χ4n) is 3.86. The topological polar surface area (TPSA) is 85.8 Å². The van der Waals surface area contributed by atoms with Crippen molar-refractivity contribution in [1.82, 2.24) is 4.98 Å². The fraction of sp³-hybridized carbons (Fsp3) is 0.417. The lowest BCUT2D eigenvalue weighted by Gasteiger charge is -2.23. The fourth-order valence-corrected chi connectivity index (χ4v) is 6.20. The number of benzene rings is 2. The summed E-state index contributed by atoms with van der Waals surface area (Å²) in [5, 5.41) is 0.540. The molecule has 0 radical (unpaired) electrons. The van der Waals surface area contributed by atoms with Crippen molar-refractivity contribution >= 4 is 42.4 Å². The maximum absolute atomic E-state index is 13.3. The van der Waals surface area contributed by atoms with Crippen molar-refractivity contribution in [3.63, 3.8) is 0 Å². The molecular formula is C24H28N2O5S2. The molecule has 1 fully saturated rings. The maximum atomic E-state index is 13.3. The quantitative estimate of drug-likeness (QED) is 0.425. The Kier molecular flexibility index (Phi) is 7.62. The molecule has 4 rings (SSSR count). The molecule has 2 heterocycles. The number of carbonyl (C=O) groups excluding carboxylic acids is 1. The average molecular weight is 489 g/mol. The van der Waals surface area contributed by atoms with Gasteiger partial charge in [0.05, 0.1) is 35.5 Å². The number of thiazole rings is 1. The van der Waals surface area contributed by atoms with Gasteiger partial charge in [-0.05, 0) is 37.5 Å². The van der Waals surface area contributed by atoms with Gasteiger partial charge in [0.1, 0.15) is 11.3 Å². The van der Waals surface area contributed by atoms with Crippen molar-refractivity contribution in [3.05, 3.63) is 54.1 Å². The van der Waals surface area contributed by atoms with Crippen LogP contribution in [0.25, 0.3) is 10.2 Å². The lowest BCUT2D eigenvalue weighted by Crippen LogP contribution is -2.38. The van der Waals surface area contributed by atoms with Crippen LogP contribution in [0.1, 0.15) is 31.7 Å². The molecule has 9 heteroatoms. The second kappa shape index (κ2) is 10.6. The average Bonchev–Trinajstić information content (AvgIpc) is 3.47. The molecule has 1 aliphatic heterocycles. The SMILES string of the molecule is CCOc1cccc2sc(N(CC3CCCO3)C(=O)CCS(=O)(=O)Cc3ccccc3)nc12. The van der Waals surface area contributed by atoms with Gasteiger partial charge in [0.25, 0.3) is 0 Å². The molecule has 1 atom stereocenters. The number of hydrogen-bond acceptors (Lipinski definition) is 7. The smallest absolute Gasteiger partial charge is 0.229 e. The highest BCUT2D eigenvalue weighted by atomic mass is 32.2. The van der Waals surface area contributed by atoms with E-state index in [1.54, 1.807) is 17.0 Å². The highest BCUT2D eigenvalue weighted by Gasteiger charge is 2.27. The normalized spacial score (nSPS) is 16.2. The molecule has 0 bridgehead atoms. The van der Waals surface area contributed by atoms with Crippen LogP contribution < -0.4 is 9.64 Å². The number of sulfone groups is 1. The molecule has 3 aromatic rings. The van der Waals surface area contributed by atoms with Crippen molar-refractivity contribution < 1.29 is 22.7 Å². The third-order valence-corrected chi connectivity index (χ3v) is 8.11. The molecule has 176 valence electrons. The van der Waals surface area contributed by atoms with E-state index in [0.717, 1.165) is 23.1 Å². The number of nitrogens with zero attached hydrogens (tertiary/aromatic N) is 2. The first-order valence-corrected chi connectivity index (χ1v) is 13.8. The summed E-state index contributed by atoms with van der Waals surface area (Å²) < 4.78 is 37.6. The van der Waals surface area contributed by atoms with Gasteiger partial charge >= 0.3 is 0 Å². The minimum Gasteiger partial charge on any atom is -0.492 e. The van der Waals surface area contributed by atoms with Gasteiger partial charge in [-0.1, -0.05) is 47.7 Å². The molecule has 2 aromatic carbocycles. The summed E-state index contributed by atoms with van der Waals surface area (Å²) in [5.41, 5.74) is 1.43. The number of hydrogen-bond donors (Lipinski definition) is 0. The van der Waals surface area contributed by atoms with E-state index in [1.165, 1.54) is 11.3 Å². The third-order valence-electron chi connectivity index (χ3n) is 5.47. The Hall–Kier alpha value is -2.49. The second-order valence-electron chi connectivity index (χ2n) is 8.00. The lowest BCUT2D eigenvalue weighted by molar-refractivity contribution is -0.118. The summed E-state index contributed by atoms with van der Waals surface area (Å²) in [6, 6.07) is 14.7. The van der Waals surface area contributed by atoms with Crippen LogP contribution in [0.5, 0.6) is 5.75 Å². The van der Waals surface area contributed by atoms with Crippen LogP contribution in [0.15, 0.2) is 48.5 Å². The van der Waals surface area contributed by atoms with E-state index < -0.39 is 9.84 Å². The van der Waals surface area contributed by atoms with Crippen LogP contribution in [-0.4, -0.2) is 50.9 Å². The number of fused-ring (bicyclic) bond motifs is 1. The zero-order valence-electron chi connectivity index (χ0n) is 18.6. The highest BCUT2D eigenvalue weighted by Crippen LogP contribution is 2.35. The van der Waals surface area contributed by atoms with E-state index in [-0.39, 0.29) is 29.9 Å². The summed E-state index contributed by atoms with van der Waals surface area (Å²) >= 11 is 1.40. The Morgan fingerprint density at radius 3 is 2.76 bits per heavy atom. The largest absolute Gasteiger partial charge is 0.492 e. The van der Waals surface area contributed by atoms with E-state index in [4.69, 9.17) is 14.5 Å². The molecule has 0 aliphatic carbocycles. The molecule has 7 nitrogen and oxygen atoms in total. The summed E-state index contributed by atoms with van der Waals surface area (Å²) in [6.07, 6.45) is 1.64. The Morgan fingerprint density at radius 1 is 1.21 bits per heavy atom. The predicted molar refractivity (Wildman–Crippen MR) is 131 cm³/mol. The van der Waals surface area contributed by atoms with E-state index >= 15 is 0 Å². The van der Waals surface area contributed by atoms with Gasteiger partial charge in [-0.15, -0.1) is 0 Å². The van der Waals surface area contributed by atoms with Crippen molar-refractivity contribution in [1.29, 1.82) is 0 Å². The highest BCUT2D eigenvalue weighted by molar-refractivity contribution is 7.90. The zero-order valence-corrected chi connectivity index (χ0v) is 20.2. The molecule has 1 aliphatic rings. The molecule has 1 unspecified atom stereocenters. The number of ether oxygens (including phenoxy) is 2. The summed E-state index contributed by atoms with van der Waals surface area (Å²) in [5.74, 6) is 0.121. The van der Waals surface area contributed by atoms with Gasteiger partial charge in [-0.2, -0.15) is 0 Å².